The number of amides is 1. The maximum Gasteiger partial charge on any atom is 0.225 e. The molecule has 1 amide bonds. The summed E-state index contributed by atoms with van der Waals surface area (Å²) in [6, 6.07) is 16.6. The van der Waals surface area contributed by atoms with Crippen LogP contribution in [0.5, 0.6) is 0 Å². The molecule has 4 rings (SSSR count). The maximum absolute atomic E-state index is 12.8. The van der Waals surface area contributed by atoms with Crippen molar-refractivity contribution >= 4 is 28.4 Å². The van der Waals surface area contributed by atoms with Gasteiger partial charge in [-0.05, 0) is 49.1 Å². The van der Waals surface area contributed by atoms with Gasteiger partial charge in [0.1, 0.15) is 0 Å². The number of para-hydroxylation sites is 1. The van der Waals surface area contributed by atoms with Crippen LogP contribution in [0.2, 0.25) is 5.02 Å². The molecular weight excluding hydrogens is 368 g/mol. The van der Waals surface area contributed by atoms with Crippen molar-refractivity contribution in [1.29, 1.82) is 0 Å². The third kappa shape index (κ3) is 3.77. The van der Waals surface area contributed by atoms with Gasteiger partial charge in [0.2, 0.25) is 5.91 Å². The highest BCUT2D eigenvalue weighted by atomic mass is 35.5. The zero-order valence-electron chi connectivity index (χ0n) is 16.6. The summed E-state index contributed by atoms with van der Waals surface area (Å²) in [7, 11) is 0. The SMILES string of the molecule is Cc1cccc2cc(CN(C(=O)C(C)C)C3CC3)c(-c3cccc(Cl)c3)nc12. The quantitative estimate of drug-likeness (QED) is 0.532. The number of nitrogens with zero attached hydrogens (tertiary/aromatic N) is 2. The lowest BCUT2D eigenvalue weighted by molar-refractivity contribution is -0.135. The summed E-state index contributed by atoms with van der Waals surface area (Å²) in [6.07, 6.45) is 2.18. The number of aromatic nitrogens is 1. The molecule has 0 unspecified atom stereocenters. The van der Waals surface area contributed by atoms with Crippen molar-refractivity contribution in [3.63, 3.8) is 0 Å². The van der Waals surface area contributed by atoms with Gasteiger partial charge in [-0.3, -0.25) is 4.79 Å². The predicted molar refractivity (Wildman–Crippen MR) is 115 cm³/mol. The van der Waals surface area contributed by atoms with E-state index in [0.717, 1.165) is 46.1 Å². The Bertz CT molecular complexity index is 1040. The van der Waals surface area contributed by atoms with E-state index in [9.17, 15) is 4.79 Å². The van der Waals surface area contributed by atoms with E-state index in [1.807, 2.05) is 43.0 Å². The van der Waals surface area contributed by atoms with Crippen molar-refractivity contribution in [2.75, 3.05) is 0 Å². The van der Waals surface area contributed by atoms with Crippen LogP contribution in [0.4, 0.5) is 0 Å². The third-order valence-corrected chi connectivity index (χ3v) is 5.56. The van der Waals surface area contributed by atoms with Gasteiger partial charge in [-0.25, -0.2) is 4.98 Å². The standard InChI is InChI=1S/C24H25ClN2O/c1-15(2)24(28)27(21-10-11-21)14-19-12-17-7-4-6-16(3)22(17)26-23(19)18-8-5-9-20(25)13-18/h4-9,12-13,15,21H,10-11,14H2,1-3H3. The molecule has 4 heteroatoms. The Morgan fingerprint density at radius 2 is 1.93 bits per heavy atom. The summed E-state index contributed by atoms with van der Waals surface area (Å²) < 4.78 is 0. The molecule has 1 aliphatic rings. The van der Waals surface area contributed by atoms with Crippen LogP contribution in [0.3, 0.4) is 0 Å². The van der Waals surface area contributed by atoms with E-state index in [1.54, 1.807) is 0 Å². The Morgan fingerprint density at radius 3 is 2.61 bits per heavy atom. The van der Waals surface area contributed by atoms with Crippen LogP contribution >= 0.6 is 11.6 Å². The smallest absolute Gasteiger partial charge is 0.225 e. The molecule has 0 radical (unpaired) electrons. The van der Waals surface area contributed by atoms with Crippen LogP contribution in [0, 0.1) is 12.8 Å². The number of rotatable bonds is 5. The molecule has 3 nitrogen and oxygen atoms in total. The first-order valence-electron chi connectivity index (χ1n) is 9.89. The minimum absolute atomic E-state index is 0.00844. The summed E-state index contributed by atoms with van der Waals surface area (Å²) in [5.41, 5.74) is 5.10. The highest BCUT2D eigenvalue weighted by molar-refractivity contribution is 6.30. The Hall–Kier alpha value is -2.39. The number of benzene rings is 2. The number of pyridine rings is 1. The fraction of sp³-hybridized carbons (Fsp3) is 0.333. The highest BCUT2D eigenvalue weighted by Crippen LogP contribution is 2.34. The molecule has 0 spiro atoms. The number of fused-ring (bicyclic) bond motifs is 1. The van der Waals surface area contributed by atoms with Crippen molar-refractivity contribution in [2.24, 2.45) is 5.92 Å². The zero-order valence-corrected chi connectivity index (χ0v) is 17.3. The molecular formula is C24H25ClN2O. The largest absolute Gasteiger partial charge is 0.335 e. The van der Waals surface area contributed by atoms with E-state index in [-0.39, 0.29) is 11.8 Å². The third-order valence-electron chi connectivity index (χ3n) is 5.33. The Labute approximate surface area is 171 Å². The Kier molecular flexibility index (Phi) is 5.11. The van der Waals surface area contributed by atoms with Gasteiger partial charge in [0.15, 0.2) is 0 Å². The minimum atomic E-state index is -0.00844. The Morgan fingerprint density at radius 1 is 1.18 bits per heavy atom. The van der Waals surface area contributed by atoms with E-state index in [4.69, 9.17) is 16.6 Å². The molecule has 1 fully saturated rings. The molecule has 2 aromatic carbocycles. The van der Waals surface area contributed by atoms with Gasteiger partial charge in [-0.15, -0.1) is 0 Å². The predicted octanol–water partition coefficient (Wildman–Crippen LogP) is 6.01. The summed E-state index contributed by atoms with van der Waals surface area (Å²) in [6.45, 7) is 6.60. The monoisotopic (exact) mass is 392 g/mol. The first kappa shape index (κ1) is 18.9. The van der Waals surface area contributed by atoms with Crippen LogP contribution in [0.15, 0.2) is 48.5 Å². The summed E-state index contributed by atoms with van der Waals surface area (Å²) >= 11 is 6.26. The summed E-state index contributed by atoms with van der Waals surface area (Å²) in [5.74, 6) is 0.203. The second kappa shape index (κ2) is 7.56. The molecule has 1 aromatic heterocycles. The lowest BCUT2D eigenvalue weighted by atomic mass is 10.0. The molecule has 1 aliphatic carbocycles. The van der Waals surface area contributed by atoms with Gasteiger partial charge in [-0.1, -0.05) is 55.8 Å². The molecule has 144 valence electrons. The molecule has 3 aromatic rings. The number of carbonyl (C=O) groups excluding carboxylic acids is 1. The average Bonchev–Trinajstić information content (AvgIpc) is 3.50. The summed E-state index contributed by atoms with van der Waals surface area (Å²) in [4.78, 5) is 19.9. The molecule has 1 saturated carbocycles. The van der Waals surface area contributed by atoms with Gasteiger partial charge in [0.05, 0.1) is 11.2 Å². The van der Waals surface area contributed by atoms with Crippen LogP contribution in [0.1, 0.15) is 37.8 Å². The molecule has 0 saturated heterocycles. The van der Waals surface area contributed by atoms with Crippen LogP contribution in [-0.4, -0.2) is 21.8 Å². The number of halogens is 1. The minimum Gasteiger partial charge on any atom is -0.335 e. The molecule has 28 heavy (non-hydrogen) atoms. The van der Waals surface area contributed by atoms with Gasteiger partial charge < -0.3 is 4.90 Å². The van der Waals surface area contributed by atoms with E-state index in [1.165, 1.54) is 0 Å². The normalized spacial score (nSPS) is 13.9. The molecule has 1 heterocycles. The summed E-state index contributed by atoms with van der Waals surface area (Å²) in [5, 5.41) is 1.79. The molecule has 0 atom stereocenters. The van der Waals surface area contributed by atoms with Crippen molar-refractivity contribution < 1.29 is 4.79 Å². The van der Waals surface area contributed by atoms with E-state index >= 15 is 0 Å². The number of carbonyl (C=O) groups is 1. The van der Waals surface area contributed by atoms with Gasteiger partial charge in [0.25, 0.3) is 0 Å². The van der Waals surface area contributed by atoms with Crippen molar-refractivity contribution in [1.82, 2.24) is 9.88 Å². The average molecular weight is 393 g/mol. The first-order valence-corrected chi connectivity index (χ1v) is 10.3. The first-order chi connectivity index (χ1) is 13.4. The van der Waals surface area contributed by atoms with Gasteiger partial charge >= 0.3 is 0 Å². The lowest BCUT2D eigenvalue weighted by Crippen LogP contribution is -2.35. The van der Waals surface area contributed by atoms with Crippen LogP contribution in [0.25, 0.3) is 22.2 Å². The van der Waals surface area contributed by atoms with E-state index in [2.05, 4.69) is 31.2 Å². The van der Waals surface area contributed by atoms with E-state index in [0.29, 0.717) is 17.6 Å². The van der Waals surface area contributed by atoms with Gasteiger partial charge in [0, 0.05) is 34.5 Å². The van der Waals surface area contributed by atoms with Crippen molar-refractivity contribution in [2.45, 2.75) is 46.2 Å². The lowest BCUT2D eigenvalue weighted by Gasteiger charge is -2.26. The number of hydrogen-bond acceptors (Lipinski definition) is 2. The second-order valence-corrected chi connectivity index (χ2v) is 8.44. The second-order valence-electron chi connectivity index (χ2n) is 8.01. The molecule has 0 aliphatic heterocycles. The topological polar surface area (TPSA) is 33.2 Å². The number of hydrogen-bond donors (Lipinski definition) is 0. The van der Waals surface area contributed by atoms with E-state index < -0.39 is 0 Å². The maximum atomic E-state index is 12.8. The van der Waals surface area contributed by atoms with Crippen molar-refractivity contribution in [3.8, 4) is 11.3 Å². The van der Waals surface area contributed by atoms with Gasteiger partial charge in [-0.2, -0.15) is 0 Å². The number of aryl methyl sites for hydroxylation is 1. The zero-order chi connectivity index (χ0) is 19.8. The fourth-order valence-corrected chi connectivity index (χ4v) is 3.88. The molecule has 0 bridgehead atoms. The van der Waals surface area contributed by atoms with Crippen LogP contribution < -0.4 is 0 Å². The fourth-order valence-electron chi connectivity index (χ4n) is 3.69. The molecule has 0 N–H and O–H groups in total. The Balaban J connectivity index is 1.85. The van der Waals surface area contributed by atoms with Crippen LogP contribution in [-0.2, 0) is 11.3 Å². The van der Waals surface area contributed by atoms with Crippen molar-refractivity contribution in [3.05, 3.63) is 64.7 Å². The highest BCUT2D eigenvalue weighted by Gasteiger charge is 2.34.